The minimum absolute atomic E-state index is 0.110. The van der Waals surface area contributed by atoms with Crippen molar-refractivity contribution in [2.75, 3.05) is 13.6 Å². The van der Waals surface area contributed by atoms with Gasteiger partial charge in [0.1, 0.15) is 11.2 Å². The molecule has 27 heavy (non-hydrogen) atoms. The van der Waals surface area contributed by atoms with E-state index in [0.717, 1.165) is 41.2 Å². The first-order valence-corrected chi connectivity index (χ1v) is 8.70. The maximum atomic E-state index is 13.1. The SMILES string of the molecule is C=C/C(=C\C(=C)F)C(=O)CN1C(=O)N(C)C(=O)C(C)(C2=CCCCC2)C1=O. The van der Waals surface area contributed by atoms with Gasteiger partial charge < -0.3 is 0 Å². The van der Waals surface area contributed by atoms with Crippen LogP contribution in [0.25, 0.3) is 0 Å². The molecule has 7 heteroatoms. The third-order valence-electron chi connectivity index (χ3n) is 5.01. The number of carbonyl (C=O) groups is 4. The van der Waals surface area contributed by atoms with E-state index >= 15 is 0 Å². The zero-order valence-electron chi connectivity index (χ0n) is 15.6. The molecule has 1 fully saturated rings. The molecule has 0 radical (unpaired) electrons. The lowest BCUT2D eigenvalue weighted by Gasteiger charge is -2.42. The number of hydrogen-bond donors (Lipinski definition) is 0. The lowest BCUT2D eigenvalue weighted by atomic mass is 9.73. The summed E-state index contributed by atoms with van der Waals surface area (Å²) in [6.45, 7) is 7.37. The van der Waals surface area contributed by atoms with Crippen LogP contribution in [0.15, 0.2) is 48.4 Å². The Hall–Kier alpha value is -2.83. The van der Waals surface area contributed by atoms with Crippen molar-refractivity contribution in [2.45, 2.75) is 32.6 Å². The van der Waals surface area contributed by atoms with E-state index in [-0.39, 0.29) is 5.57 Å². The zero-order valence-corrected chi connectivity index (χ0v) is 15.6. The smallest absolute Gasteiger partial charge is 0.292 e. The number of barbiturate groups is 1. The second kappa shape index (κ2) is 7.82. The van der Waals surface area contributed by atoms with Crippen LogP contribution in [0.4, 0.5) is 9.18 Å². The quantitative estimate of drug-likeness (QED) is 0.310. The Morgan fingerprint density at radius 2 is 1.96 bits per heavy atom. The first-order chi connectivity index (χ1) is 12.6. The van der Waals surface area contributed by atoms with Crippen LogP contribution in [0.2, 0.25) is 0 Å². The first-order valence-electron chi connectivity index (χ1n) is 8.70. The van der Waals surface area contributed by atoms with Crippen LogP contribution in [-0.4, -0.2) is 47.0 Å². The van der Waals surface area contributed by atoms with Crippen LogP contribution in [-0.2, 0) is 14.4 Å². The Balaban J connectivity index is 2.40. The predicted octanol–water partition coefficient (Wildman–Crippen LogP) is 3.08. The van der Waals surface area contributed by atoms with Gasteiger partial charge in [-0.2, -0.15) is 0 Å². The molecule has 144 valence electrons. The van der Waals surface area contributed by atoms with Gasteiger partial charge in [0.15, 0.2) is 5.78 Å². The van der Waals surface area contributed by atoms with Crippen LogP contribution in [0, 0.1) is 5.41 Å². The number of nitrogens with zero attached hydrogens (tertiary/aromatic N) is 2. The molecule has 2 aliphatic rings. The normalized spacial score (nSPS) is 24.0. The predicted molar refractivity (Wildman–Crippen MR) is 98.1 cm³/mol. The van der Waals surface area contributed by atoms with E-state index in [1.165, 1.54) is 14.0 Å². The average Bonchev–Trinajstić information content (AvgIpc) is 2.66. The van der Waals surface area contributed by atoms with E-state index in [4.69, 9.17) is 0 Å². The van der Waals surface area contributed by atoms with Crippen molar-refractivity contribution in [1.29, 1.82) is 0 Å². The van der Waals surface area contributed by atoms with Crippen molar-refractivity contribution < 1.29 is 23.6 Å². The molecule has 0 aromatic carbocycles. The summed E-state index contributed by atoms with van der Waals surface area (Å²) < 4.78 is 13.0. The number of halogens is 1. The molecule has 1 aliphatic carbocycles. The molecule has 0 spiro atoms. The van der Waals surface area contributed by atoms with Crippen LogP contribution >= 0.6 is 0 Å². The van der Waals surface area contributed by atoms with E-state index in [2.05, 4.69) is 13.2 Å². The number of allylic oxidation sites excluding steroid dienone is 4. The largest absolute Gasteiger partial charge is 0.333 e. The zero-order chi connectivity index (χ0) is 20.4. The number of rotatable bonds is 6. The molecule has 6 nitrogen and oxygen atoms in total. The van der Waals surface area contributed by atoms with Gasteiger partial charge in [-0.25, -0.2) is 9.18 Å². The van der Waals surface area contributed by atoms with Crippen LogP contribution in [0.3, 0.4) is 0 Å². The number of urea groups is 1. The topological polar surface area (TPSA) is 74.8 Å². The first kappa shape index (κ1) is 20.5. The molecule has 0 saturated carbocycles. The highest BCUT2D eigenvalue weighted by Crippen LogP contribution is 2.40. The standard InChI is InChI=1S/C20H23FN2O4/c1-5-14(11-13(2)21)16(24)12-23-18(26)20(3,15-9-7-6-8-10-15)17(25)22(4)19(23)27/h5,9,11H,1-2,6-8,10,12H2,3-4H3/b14-11+. The summed E-state index contributed by atoms with van der Waals surface area (Å²) in [5.74, 6) is -2.86. The van der Waals surface area contributed by atoms with Crippen molar-refractivity contribution in [3.63, 3.8) is 0 Å². The molecule has 0 bridgehead atoms. The van der Waals surface area contributed by atoms with E-state index in [1.807, 2.05) is 6.08 Å². The molecule has 2 rings (SSSR count). The van der Waals surface area contributed by atoms with Gasteiger partial charge in [-0.1, -0.05) is 25.3 Å². The molecule has 1 atom stereocenters. The highest BCUT2D eigenvalue weighted by atomic mass is 19.1. The van der Waals surface area contributed by atoms with Gasteiger partial charge in [-0.05, 0) is 44.3 Å². The molecule has 1 unspecified atom stereocenters. The Bertz CT molecular complexity index is 796. The van der Waals surface area contributed by atoms with Gasteiger partial charge >= 0.3 is 6.03 Å². The molecule has 1 saturated heterocycles. The lowest BCUT2D eigenvalue weighted by molar-refractivity contribution is -0.155. The molecule has 1 heterocycles. The minimum Gasteiger partial charge on any atom is -0.292 e. The molecule has 0 aromatic rings. The molecular weight excluding hydrogens is 351 g/mol. The summed E-state index contributed by atoms with van der Waals surface area (Å²) in [6, 6.07) is -0.880. The fourth-order valence-electron chi connectivity index (χ4n) is 3.41. The summed E-state index contributed by atoms with van der Waals surface area (Å²) >= 11 is 0. The highest BCUT2D eigenvalue weighted by Gasteiger charge is 2.55. The van der Waals surface area contributed by atoms with Gasteiger partial charge in [0.05, 0.1) is 6.54 Å². The number of imide groups is 2. The minimum atomic E-state index is -1.52. The summed E-state index contributed by atoms with van der Waals surface area (Å²) in [4.78, 5) is 52.4. The molecule has 4 amide bonds. The summed E-state index contributed by atoms with van der Waals surface area (Å²) in [7, 11) is 1.28. The van der Waals surface area contributed by atoms with Crippen molar-refractivity contribution in [3.05, 3.63) is 48.4 Å². The van der Waals surface area contributed by atoms with Crippen LogP contribution in [0.1, 0.15) is 32.6 Å². The third kappa shape index (κ3) is 3.67. The molecule has 0 aromatic heterocycles. The number of hydrogen-bond acceptors (Lipinski definition) is 4. The van der Waals surface area contributed by atoms with Crippen molar-refractivity contribution in [2.24, 2.45) is 5.41 Å². The Morgan fingerprint density at radius 1 is 1.30 bits per heavy atom. The average molecular weight is 374 g/mol. The summed E-state index contributed by atoms with van der Waals surface area (Å²) in [5, 5.41) is 0. The fraction of sp³-hybridized carbons (Fsp3) is 0.400. The van der Waals surface area contributed by atoms with Crippen molar-refractivity contribution >= 4 is 23.6 Å². The van der Waals surface area contributed by atoms with Crippen LogP contribution < -0.4 is 0 Å². The van der Waals surface area contributed by atoms with Gasteiger partial charge in [0, 0.05) is 12.6 Å². The second-order valence-electron chi connectivity index (χ2n) is 6.81. The monoisotopic (exact) mass is 374 g/mol. The van der Waals surface area contributed by atoms with Crippen LogP contribution in [0.5, 0.6) is 0 Å². The van der Waals surface area contributed by atoms with E-state index in [9.17, 15) is 23.6 Å². The Labute approximate surface area is 157 Å². The van der Waals surface area contributed by atoms with Gasteiger partial charge in [-0.15, -0.1) is 0 Å². The summed E-state index contributed by atoms with van der Waals surface area (Å²) in [5.41, 5.74) is -0.969. The van der Waals surface area contributed by atoms with E-state index in [0.29, 0.717) is 12.0 Å². The highest BCUT2D eigenvalue weighted by molar-refractivity contribution is 6.22. The van der Waals surface area contributed by atoms with Gasteiger partial charge in [0.2, 0.25) is 5.91 Å². The summed E-state index contributed by atoms with van der Waals surface area (Å²) in [6.07, 6.45) is 7.03. The Morgan fingerprint density at radius 3 is 2.48 bits per heavy atom. The number of amides is 4. The maximum absolute atomic E-state index is 13.1. The lowest BCUT2D eigenvalue weighted by Crippen LogP contribution is -2.64. The number of carbonyl (C=O) groups excluding carboxylic acids is 4. The third-order valence-corrected chi connectivity index (χ3v) is 5.01. The fourth-order valence-corrected chi connectivity index (χ4v) is 3.41. The molecular formula is C20H23FN2O4. The Kier molecular flexibility index (Phi) is 5.93. The van der Waals surface area contributed by atoms with Gasteiger partial charge in [-0.3, -0.25) is 24.2 Å². The molecule has 1 aliphatic heterocycles. The molecule has 0 N–H and O–H groups in total. The van der Waals surface area contributed by atoms with Crippen molar-refractivity contribution in [3.8, 4) is 0 Å². The number of ketones is 1. The van der Waals surface area contributed by atoms with Crippen molar-refractivity contribution in [1.82, 2.24) is 9.80 Å². The van der Waals surface area contributed by atoms with E-state index < -0.39 is 41.4 Å². The van der Waals surface area contributed by atoms with E-state index in [1.54, 1.807) is 0 Å². The maximum Gasteiger partial charge on any atom is 0.333 e. The second-order valence-corrected chi connectivity index (χ2v) is 6.81. The number of Topliss-reactive ketones (excluding diaryl/α,β-unsaturated/α-hetero) is 1. The van der Waals surface area contributed by atoms with Gasteiger partial charge in [0.25, 0.3) is 5.91 Å².